The van der Waals surface area contributed by atoms with Crippen molar-refractivity contribution in [3.63, 3.8) is 0 Å². The zero-order valence-electron chi connectivity index (χ0n) is 20.0. The van der Waals surface area contributed by atoms with Crippen LogP contribution >= 0.6 is 0 Å². The monoisotopic (exact) mass is 498 g/mol. The van der Waals surface area contributed by atoms with Crippen molar-refractivity contribution in [3.05, 3.63) is 84.4 Å². The lowest BCUT2D eigenvalue weighted by Gasteiger charge is -2.15. The number of carbonyl (C=O) groups is 3. The molecule has 0 unspecified atom stereocenters. The van der Waals surface area contributed by atoms with E-state index < -0.39 is 11.9 Å². The Balaban J connectivity index is 1.33. The highest BCUT2D eigenvalue weighted by Gasteiger charge is 2.30. The van der Waals surface area contributed by atoms with E-state index in [0.29, 0.717) is 36.6 Å². The standard InChI is InChI=1S/C27H26N6O4/c34-24(32-12-11-20(16-32)26(36)37)10-9-22-17-33(23-7-2-1-3-8-23)27(30-22)31-25(35)19-6-4-5-18(13-19)21-14-28-29-15-21/h1-8,13-15,17,20H,9-12,16H2,(H,28,29)(H,36,37)(H,30,31,35)/t20-/m0/s1. The first kappa shape index (κ1) is 24.0. The minimum atomic E-state index is -0.868. The summed E-state index contributed by atoms with van der Waals surface area (Å²) >= 11 is 0. The number of aromatic amines is 1. The van der Waals surface area contributed by atoms with Crippen LogP contribution in [0, 0.1) is 5.92 Å². The number of amides is 2. The normalized spacial score (nSPS) is 15.0. The van der Waals surface area contributed by atoms with Crippen LogP contribution in [-0.2, 0) is 16.0 Å². The van der Waals surface area contributed by atoms with Gasteiger partial charge in [0, 0.05) is 55.1 Å². The first-order valence-electron chi connectivity index (χ1n) is 12.0. The molecule has 2 amide bonds. The second-order valence-electron chi connectivity index (χ2n) is 8.95. The van der Waals surface area contributed by atoms with Crippen LogP contribution in [0.5, 0.6) is 0 Å². The van der Waals surface area contributed by atoms with Gasteiger partial charge in [-0.25, -0.2) is 4.98 Å². The van der Waals surface area contributed by atoms with Gasteiger partial charge in [-0.15, -0.1) is 0 Å². The maximum absolute atomic E-state index is 13.2. The summed E-state index contributed by atoms with van der Waals surface area (Å²) < 4.78 is 1.79. The highest BCUT2D eigenvalue weighted by molar-refractivity contribution is 6.04. The predicted octanol–water partition coefficient (Wildman–Crippen LogP) is 3.38. The molecule has 10 heteroatoms. The number of aromatic nitrogens is 4. The van der Waals surface area contributed by atoms with Crippen molar-refractivity contribution in [1.29, 1.82) is 0 Å². The Bertz CT molecular complexity index is 1410. The zero-order chi connectivity index (χ0) is 25.8. The van der Waals surface area contributed by atoms with Crippen molar-refractivity contribution in [2.45, 2.75) is 19.3 Å². The molecule has 3 N–H and O–H groups in total. The Hall–Kier alpha value is -4.73. The lowest BCUT2D eigenvalue weighted by Crippen LogP contribution is -2.30. The smallest absolute Gasteiger partial charge is 0.308 e. The molecular formula is C27H26N6O4. The molecule has 2 aromatic carbocycles. The number of aliphatic carboxylic acids is 1. The lowest BCUT2D eigenvalue weighted by atomic mass is 10.1. The van der Waals surface area contributed by atoms with E-state index in [4.69, 9.17) is 0 Å². The third kappa shape index (κ3) is 5.43. The van der Waals surface area contributed by atoms with Crippen molar-refractivity contribution in [3.8, 4) is 16.8 Å². The van der Waals surface area contributed by atoms with Crippen LogP contribution in [0.25, 0.3) is 16.8 Å². The van der Waals surface area contributed by atoms with Crippen LogP contribution in [0.15, 0.2) is 73.2 Å². The fourth-order valence-electron chi connectivity index (χ4n) is 4.43. The quantitative estimate of drug-likeness (QED) is 0.341. The molecule has 1 saturated heterocycles. The number of imidazole rings is 1. The number of benzene rings is 2. The van der Waals surface area contributed by atoms with Crippen LogP contribution in [0.4, 0.5) is 5.95 Å². The molecule has 2 aromatic heterocycles. The summed E-state index contributed by atoms with van der Waals surface area (Å²) in [6, 6.07) is 16.7. The number of likely N-dealkylation sites (tertiary alicyclic amines) is 1. The molecule has 0 bridgehead atoms. The Kier molecular flexibility index (Phi) is 6.80. The molecule has 1 fully saturated rings. The summed E-state index contributed by atoms with van der Waals surface area (Å²) in [5.74, 6) is -1.44. The second kappa shape index (κ2) is 10.5. The zero-order valence-corrected chi connectivity index (χ0v) is 20.0. The van der Waals surface area contributed by atoms with Crippen molar-refractivity contribution in [2.24, 2.45) is 5.92 Å². The van der Waals surface area contributed by atoms with E-state index in [-0.39, 0.29) is 24.8 Å². The fourth-order valence-corrected chi connectivity index (χ4v) is 4.43. The number of aryl methyl sites for hydroxylation is 1. The average Bonchev–Trinajstić information content (AvgIpc) is 3.69. The Morgan fingerprint density at radius 1 is 1.08 bits per heavy atom. The molecule has 1 aliphatic rings. The number of H-pyrrole nitrogens is 1. The van der Waals surface area contributed by atoms with Gasteiger partial charge in [0.2, 0.25) is 11.9 Å². The van der Waals surface area contributed by atoms with Crippen LogP contribution in [0.3, 0.4) is 0 Å². The van der Waals surface area contributed by atoms with Crippen molar-refractivity contribution < 1.29 is 19.5 Å². The maximum Gasteiger partial charge on any atom is 0.308 e. The van der Waals surface area contributed by atoms with Gasteiger partial charge in [-0.2, -0.15) is 5.10 Å². The number of carbonyl (C=O) groups excluding carboxylic acids is 2. The van der Waals surface area contributed by atoms with Crippen LogP contribution < -0.4 is 5.32 Å². The first-order chi connectivity index (χ1) is 18.0. The van der Waals surface area contributed by atoms with Crippen molar-refractivity contribution in [2.75, 3.05) is 18.4 Å². The number of hydrogen-bond donors (Lipinski definition) is 3. The minimum absolute atomic E-state index is 0.0975. The largest absolute Gasteiger partial charge is 0.481 e. The Morgan fingerprint density at radius 2 is 1.92 bits per heavy atom. The summed E-state index contributed by atoms with van der Waals surface area (Å²) in [6.45, 7) is 0.694. The number of rotatable bonds is 8. The number of hydrogen-bond acceptors (Lipinski definition) is 5. The van der Waals surface area contributed by atoms with E-state index in [1.54, 1.807) is 34.0 Å². The molecule has 1 aliphatic heterocycles. The second-order valence-corrected chi connectivity index (χ2v) is 8.95. The molecule has 188 valence electrons. The summed E-state index contributed by atoms with van der Waals surface area (Å²) in [7, 11) is 0. The van der Waals surface area contributed by atoms with E-state index in [1.165, 1.54) is 0 Å². The minimum Gasteiger partial charge on any atom is -0.481 e. The molecule has 0 radical (unpaired) electrons. The number of anilines is 1. The van der Waals surface area contributed by atoms with Gasteiger partial charge in [-0.05, 0) is 36.2 Å². The van der Waals surface area contributed by atoms with Gasteiger partial charge in [-0.3, -0.25) is 29.4 Å². The van der Waals surface area contributed by atoms with Gasteiger partial charge in [-0.1, -0.05) is 30.3 Å². The van der Waals surface area contributed by atoms with E-state index in [9.17, 15) is 19.5 Å². The SMILES string of the molecule is O=C(Nc1nc(CCC(=O)N2CC[C@H](C(=O)O)C2)cn1-c1ccccc1)c1cccc(-c2cn[nH]c2)c1. The van der Waals surface area contributed by atoms with Gasteiger partial charge in [0.05, 0.1) is 17.8 Å². The Labute approximate surface area is 213 Å². The highest BCUT2D eigenvalue weighted by atomic mass is 16.4. The van der Waals surface area contributed by atoms with E-state index in [2.05, 4.69) is 20.5 Å². The molecule has 0 aliphatic carbocycles. The van der Waals surface area contributed by atoms with E-state index >= 15 is 0 Å². The van der Waals surface area contributed by atoms with Gasteiger partial charge in [0.1, 0.15) is 0 Å². The molecule has 10 nitrogen and oxygen atoms in total. The molecule has 0 spiro atoms. The predicted molar refractivity (Wildman–Crippen MR) is 136 cm³/mol. The molecule has 0 saturated carbocycles. The number of nitrogens with one attached hydrogen (secondary N) is 2. The molecule has 3 heterocycles. The van der Waals surface area contributed by atoms with Gasteiger partial charge in [0.25, 0.3) is 5.91 Å². The molecular weight excluding hydrogens is 472 g/mol. The summed E-state index contributed by atoms with van der Waals surface area (Å²) in [5, 5.41) is 18.8. The maximum atomic E-state index is 13.2. The average molecular weight is 499 g/mol. The van der Waals surface area contributed by atoms with E-state index in [1.807, 2.05) is 48.7 Å². The Morgan fingerprint density at radius 3 is 2.65 bits per heavy atom. The molecule has 5 rings (SSSR count). The summed E-state index contributed by atoms with van der Waals surface area (Å²) in [5.41, 5.74) is 3.67. The van der Waals surface area contributed by atoms with Crippen molar-refractivity contribution >= 4 is 23.7 Å². The van der Waals surface area contributed by atoms with Gasteiger partial charge < -0.3 is 10.0 Å². The number of para-hydroxylation sites is 1. The third-order valence-electron chi connectivity index (χ3n) is 6.46. The number of carboxylic acids is 1. The van der Waals surface area contributed by atoms with E-state index in [0.717, 1.165) is 16.8 Å². The molecule has 1 atom stereocenters. The lowest BCUT2D eigenvalue weighted by molar-refractivity contribution is -0.141. The third-order valence-corrected chi connectivity index (χ3v) is 6.46. The topological polar surface area (TPSA) is 133 Å². The van der Waals surface area contributed by atoms with Crippen molar-refractivity contribution in [1.82, 2.24) is 24.6 Å². The van der Waals surface area contributed by atoms with Crippen LogP contribution in [-0.4, -0.2) is 60.6 Å². The number of carboxylic acid groups (broad SMARTS) is 1. The summed E-state index contributed by atoms with van der Waals surface area (Å²) in [6.07, 6.45) is 6.31. The first-order valence-corrected chi connectivity index (χ1v) is 12.0. The fraction of sp³-hybridized carbons (Fsp3) is 0.222. The summed E-state index contributed by atoms with van der Waals surface area (Å²) in [4.78, 5) is 43.2. The molecule has 4 aromatic rings. The van der Waals surface area contributed by atoms with Crippen LogP contribution in [0.2, 0.25) is 0 Å². The number of nitrogens with zero attached hydrogens (tertiary/aromatic N) is 4. The van der Waals surface area contributed by atoms with Crippen LogP contribution in [0.1, 0.15) is 28.9 Å². The van der Waals surface area contributed by atoms with Gasteiger partial charge >= 0.3 is 5.97 Å². The van der Waals surface area contributed by atoms with Gasteiger partial charge in [0.15, 0.2) is 0 Å². The molecule has 37 heavy (non-hydrogen) atoms. The highest BCUT2D eigenvalue weighted by Crippen LogP contribution is 2.22.